The van der Waals surface area contributed by atoms with Gasteiger partial charge in [0.05, 0.1) is 7.11 Å². The summed E-state index contributed by atoms with van der Waals surface area (Å²) >= 11 is 3.52. The van der Waals surface area contributed by atoms with Gasteiger partial charge in [-0.25, -0.2) is 0 Å². The number of nitrogens with one attached hydrogen (secondary N) is 1. The van der Waals surface area contributed by atoms with Gasteiger partial charge in [-0.05, 0) is 49.2 Å². The molecule has 0 aliphatic heterocycles. The van der Waals surface area contributed by atoms with Crippen molar-refractivity contribution in [2.75, 3.05) is 7.11 Å². The fourth-order valence-electron chi connectivity index (χ4n) is 2.24. The molecular weight excluding hydrogens is 314 g/mol. The third-order valence-electron chi connectivity index (χ3n) is 3.46. The van der Waals surface area contributed by atoms with Crippen LogP contribution in [0.1, 0.15) is 37.1 Å². The Hall–Kier alpha value is -1.32. The zero-order chi connectivity index (χ0) is 14.5. The fraction of sp³-hybridized carbons (Fsp3) is 0.294. The average molecular weight is 334 g/mol. The van der Waals surface area contributed by atoms with Gasteiger partial charge in [-0.3, -0.25) is 0 Å². The monoisotopic (exact) mass is 333 g/mol. The van der Waals surface area contributed by atoms with Crippen LogP contribution in [0.25, 0.3) is 0 Å². The van der Waals surface area contributed by atoms with Crippen LogP contribution < -0.4 is 10.1 Å². The molecule has 1 N–H and O–H groups in total. The summed E-state index contributed by atoms with van der Waals surface area (Å²) in [6, 6.07) is 17.2. The number of ether oxygens (including phenoxy) is 1. The van der Waals surface area contributed by atoms with Crippen molar-refractivity contribution in [1.82, 2.24) is 5.32 Å². The molecule has 0 aliphatic carbocycles. The highest BCUT2D eigenvalue weighted by Gasteiger charge is 2.11. The molecule has 0 aromatic heterocycles. The lowest BCUT2D eigenvalue weighted by atomic mass is 10.0. The first-order valence-electron chi connectivity index (χ1n) is 6.75. The lowest BCUT2D eigenvalue weighted by Gasteiger charge is -2.21. The summed E-state index contributed by atoms with van der Waals surface area (Å²) in [7, 11) is 1.69. The number of rotatable bonds is 5. The molecule has 0 bridgehead atoms. The van der Waals surface area contributed by atoms with Gasteiger partial charge in [-0.1, -0.05) is 40.2 Å². The maximum absolute atomic E-state index is 5.19. The topological polar surface area (TPSA) is 21.3 Å². The van der Waals surface area contributed by atoms with Crippen molar-refractivity contribution in [2.24, 2.45) is 0 Å². The van der Waals surface area contributed by atoms with Crippen LogP contribution in [-0.4, -0.2) is 7.11 Å². The van der Waals surface area contributed by atoms with Crippen LogP contribution in [-0.2, 0) is 0 Å². The largest absolute Gasteiger partial charge is 0.497 e. The van der Waals surface area contributed by atoms with E-state index in [4.69, 9.17) is 4.74 Å². The SMILES string of the molecule is COc1ccc(C(C)N[C@H](C)c2cccc(Br)c2)cc1. The summed E-state index contributed by atoms with van der Waals surface area (Å²) in [6.07, 6.45) is 0. The van der Waals surface area contributed by atoms with E-state index in [0.717, 1.165) is 10.2 Å². The maximum Gasteiger partial charge on any atom is 0.118 e. The molecule has 0 fully saturated rings. The number of hydrogen-bond donors (Lipinski definition) is 1. The number of benzene rings is 2. The first-order chi connectivity index (χ1) is 9.60. The van der Waals surface area contributed by atoms with Crippen LogP contribution >= 0.6 is 15.9 Å². The normalized spacial score (nSPS) is 13.8. The molecule has 0 saturated carbocycles. The molecule has 2 rings (SSSR count). The van der Waals surface area contributed by atoms with Gasteiger partial charge >= 0.3 is 0 Å². The van der Waals surface area contributed by atoms with Crippen LogP contribution in [0, 0.1) is 0 Å². The Morgan fingerprint density at radius 1 is 0.950 bits per heavy atom. The summed E-state index contributed by atoms with van der Waals surface area (Å²) in [6.45, 7) is 4.36. The molecule has 0 aliphatic rings. The van der Waals surface area contributed by atoms with Gasteiger partial charge in [-0.15, -0.1) is 0 Å². The van der Waals surface area contributed by atoms with E-state index in [-0.39, 0.29) is 6.04 Å². The molecule has 2 aromatic carbocycles. The minimum Gasteiger partial charge on any atom is -0.497 e. The second-order valence-electron chi connectivity index (χ2n) is 4.94. The van der Waals surface area contributed by atoms with E-state index in [9.17, 15) is 0 Å². The van der Waals surface area contributed by atoms with Crippen molar-refractivity contribution in [3.8, 4) is 5.75 Å². The quantitative estimate of drug-likeness (QED) is 0.842. The second-order valence-corrected chi connectivity index (χ2v) is 5.85. The first kappa shape index (κ1) is 15.1. The third kappa shape index (κ3) is 3.84. The minimum absolute atomic E-state index is 0.287. The first-order valence-corrected chi connectivity index (χ1v) is 7.55. The Morgan fingerprint density at radius 3 is 2.20 bits per heavy atom. The molecule has 3 heteroatoms. The van der Waals surface area contributed by atoms with E-state index in [2.05, 4.69) is 65.4 Å². The number of methoxy groups -OCH3 is 1. The standard InChI is InChI=1S/C17H20BrNO/c1-12(14-7-9-17(20-3)10-8-14)19-13(2)15-5-4-6-16(18)11-15/h4-13,19H,1-3H3/t12?,13-/m1/s1. The van der Waals surface area contributed by atoms with E-state index >= 15 is 0 Å². The summed E-state index contributed by atoms with van der Waals surface area (Å²) in [5.41, 5.74) is 2.53. The van der Waals surface area contributed by atoms with Crippen LogP contribution in [0.5, 0.6) is 5.75 Å². The van der Waals surface area contributed by atoms with Crippen molar-refractivity contribution in [2.45, 2.75) is 25.9 Å². The maximum atomic E-state index is 5.19. The highest BCUT2D eigenvalue weighted by molar-refractivity contribution is 9.10. The summed E-state index contributed by atoms with van der Waals surface area (Å²) < 4.78 is 6.30. The predicted molar refractivity (Wildman–Crippen MR) is 87.1 cm³/mol. The molecule has 2 aromatic rings. The zero-order valence-electron chi connectivity index (χ0n) is 12.1. The van der Waals surface area contributed by atoms with Gasteiger partial charge in [0.25, 0.3) is 0 Å². The second kappa shape index (κ2) is 6.91. The van der Waals surface area contributed by atoms with Crippen LogP contribution in [0.15, 0.2) is 53.0 Å². The van der Waals surface area contributed by atoms with Gasteiger partial charge < -0.3 is 10.1 Å². The van der Waals surface area contributed by atoms with Gasteiger partial charge in [0.1, 0.15) is 5.75 Å². The van der Waals surface area contributed by atoms with E-state index in [1.165, 1.54) is 11.1 Å². The van der Waals surface area contributed by atoms with Crippen LogP contribution in [0.3, 0.4) is 0 Å². The Kier molecular flexibility index (Phi) is 5.21. The van der Waals surface area contributed by atoms with Crippen LogP contribution in [0.4, 0.5) is 0 Å². The molecule has 0 spiro atoms. The van der Waals surface area contributed by atoms with Crippen molar-refractivity contribution in [3.05, 3.63) is 64.1 Å². The van der Waals surface area contributed by atoms with E-state index < -0.39 is 0 Å². The molecule has 2 atom stereocenters. The molecular formula is C17H20BrNO. The van der Waals surface area contributed by atoms with Gasteiger partial charge in [-0.2, -0.15) is 0 Å². The smallest absolute Gasteiger partial charge is 0.118 e. The predicted octanol–water partition coefficient (Wildman–Crippen LogP) is 4.87. The van der Waals surface area contributed by atoms with Crippen molar-refractivity contribution in [1.29, 1.82) is 0 Å². The van der Waals surface area contributed by atoms with Crippen molar-refractivity contribution < 1.29 is 4.74 Å². The number of halogens is 1. The molecule has 0 amide bonds. The van der Waals surface area contributed by atoms with Crippen molar-refractivity contribution >= 4 is 15.9 Å². The van der Waals surface area contributed by atoms with Gasteiger partial charge in [0, 0.05) is 16.6 Å². The summed E-state index contributed by atoms with van der Waals surface area (Å²) in [4.78, 5) is 0. The van der Waals surface area contributed by atoms with Gasteiger partial charge in [0.15, 0.2) is 0 Å². The van der Waals surface area contributed by atoms with Crippen LogP contribution in [0.2, 0.25) is 0 Å². The molecule has 2 nitrogen and oxygen atoms in total. The number of hydrogen-bond acceptors (Lipinski definition) is 2. The Bertz CT molecular complexity index is 553. The third-order valence-corrected chi connectivity index (χ3v) is 3.96. The molecule has 20 heavy (non-hydrogen) atoms. The summed E-state index contributed by atoms with van der Waals surface area (Å²) in [5.74, 6) is 0.890. The van der Waals surface area contributed by atoms with E-state index in [1.807, 2.05) is 18.2 Å². The lowest BCUT2D eigenvalue weighted by molar-refractivity contribution is 0.414. The van der Waals surface area contributed by atoms with Crippen molar-refractivity contribution in [3.63, 3.8) is 0 Å². The molecule has 0 radical (unpaired) electrons. The molecule has 1 unspecified atom stereocenters. The van der Waals surface area contributed by atoms with E-state index in [0.29, 0.717) is 6.04 Å². The van der Waals surface area contributed by atoms with E-state index in [1.54, 1.807) is 7.11 Å². The average Bonchev–Trinajstić information content (AvgIpc) is 2.47. The molecule has 106 valence electrons. The minimum atomic E-state index is 0.287. The summed E-state index contributed by atoms with van der Waals surface area (Å²) in [5, 5.41) is 3.62. The van der Waals surface area contributed by atoms with Gasteiger partial charge in [0.2, 0.25) is 0 Å². The Balaban J connectivity index is 2.04. The Morgan fingerprint density at radius 2 is 1.60 bits per heavy atom. The highest BCUT2D eigenvalue weighted by atomic mass is 79.9. The molecule has 0 heterocycles. The highest BCUT2D eigenvalue weighted by Crippen LogP contribution is 2.23. The lowest BCUT2D eigenvalue weighted by Crippen LogP contribution is -2.22. The molecule has 0 saturated heterocycles. The zero-order valence-corrected chi connectivity index (χ0v) is 13.6. The Labute approximate surface area is 129 Å². The fourth-order valence-corrected chi connectivity index (χ4v) is 2.65.